The number of rotatable bonds is 9. The van der Waals surface area contributed by atoms with Gasteiger partial charge in [-0.25, -0.2) is 8.42 Å². The van der Waals surface area contributed by atoms with E-state index in [1.807, 2.05) is 19.1 Å². The van der Waals surface area contributed by atoms with Crippen molar-refractivity contribution in [2.75, 3.05) is 23.7 Å². The number of methoxy groups -OCH3 is 1. The quantitative estimate of drug-likeness (QED) is 0.622. The van der Waals surface area contributed by atoms with Crippen LogP contribution in [0.2, 0.25) is 0 Å². The van der Waals surface area contributed by atoms with E-state index in [0.29, 0.717) is 17.0 Å². The first-order valence-corrected chi connectivity index (χ1v) is 10.4. The molecule has 0 saturated carbocycles. The summed E-state index contributed by atoms with van der Waals surface area (Å²) in [6, 6.07) is 10.7. The molecule has 2 rings (SSSR count). The molecule has 2 aromatic rings. The van der Waals surface area contributed by atoms with Crippen molar-refractivity contribution >= 4 is 21.4 Å². The molecular weight excluding hydrogens is 348 g/mol. The Labute approximate surface area is 156 Å². The molecule has 0 radical (unpaired) electrons. The lowest BCUT2D eigenvalue weighted by Gasteiger charge is -2.14. The van der Waals surface area contributed by atoms with Gasteiger partial charge in [0.05, 0.1) is 12.0 Å². The molecular formula is C20H28N2O3S. The van der Waals surface area contributed by atoms with Gasteiger partial charge in [0.15, 0.2) is 0 Å². The summed E-state index contributed by atoms with van der Waals surface area (Å²) in [5, 5.41) is 3.34. The first-order valence-electron chi connectivity index (χ1n) is 8.89. The fourth-order valence-corrected chi connectivity index (χ4v) is 4.12. The number of anilines is 2. The zero-order valence-corrected chi connectivity index (χ0v) is 16.7. The average molecular weight is 377 g/mol. The first-order chi connectivity index (χ1) is 12.4. The Morgan fingerprint density at radius 2 is 1.62 bits per heavy atom. The van der Waals surface area contributed by atoms with Crippen molar-refractivity contribution in [3.8, 4) is 5.75 Å². The largest absolute Gasteiger partial charge is 0.496 e. The number of unbranched alkanes of at least 4 members (excludes halogenated alkanes) is 2. The topological polar surface area (TPSA) is 67.4 Å². The third-order valence-electron chi connectivity index (χ3n) is 4.23. The lowest BCUT2D eigenvalue weighted by molar-refractivity contribution is 0.411. The maximum Gasteiger partial charge on any atom is 0.262 e. The van der Waals surface area contributed by atoms with Gasteiger partial charge in [-0.05, 0) is 67.8 Å². The van der Waals surface area contributed by atoms with Crippen LogP contribution in [0.1, 0.15) is 37.3 Å². The van der Waals surface area contributed by atoms with Crippen molar-refractivity contribution in [2.45, 2.75) is 44.9 Å². The normalized spacial score (nSPS) is 11.2. The minimum absolute atomic E-state index is 0.262. The van der Waals surface area contributed by atoms with Gasteiger partial charge in [0.25, 0.3) is 10.0 Å². The van der Waals surface area contributed by atoms with E-state index in [1.165, 1.54) is 12.8 Å². The number of benzene rings is 2. The van der Waals surface area contributed by atoms with Crippen LogP contribution in [0.3, 0.4) is 0 Å². The van der Waals surface area contributed by atoms with Crippen molar-refractivity contribution < 1.29 is 13.2 Å². The van der Waals surface area contributed by atoms with Gasteiger partial charge < -0.3 is 10.1 Å². The maximum atomic E-state index is 12.7. The van der Waals surface area contributed by atoms with Crippen molar-refractivity contribution in [3.63, 3.8) is 0 Å². The fraction of sp³-hybridized carbons (Fsp3) is 0.400. The summed E-state index contributed by atoms with van der Waals surface area (Å²) in [5.41, 5.74) is 2.96. The lowest BCUT2D eigenvalue weighted by atomic mass is 10.1. The molecule has 5 nitrogen and oxygen atoms in total. The minimum Gasteiger partial charge on any atom is -0.496 e. The molecule has 26 heavy (non-hydrogen) atoms. The third kappa shape index (κ3) is 5.14. The van der Waals surface area contributed by atoms with Gasteiger partial charge in [-0.3, -0.25) is 4.72 Å². The summed E-state index contributed by atoms with van der Waals surface area (Å²) in [6.07, 6.45) is 3.51. The Morgan fingerprint density at radius 3 is 2.23 bits per heavy atom. The Balaban J connectivity index is 2.11. The number of sulfonamides is 1. The summed E-state index contributed by atoms with van der Waals surface area (Å²) in [7, 11) is -2.08. The Morgan fingerprint density at radius 1 is 0.962 bits per heavy atom. The van der Waals surface area contributed by atoms with Crippen LogP contribution < -0.4 is 14.8 Å². The zero-order chi connectivity index (χ0) is 19.2. The van der Waals surface area contributed by atoms with Gasteiger partial charge in [-0.1, -0.05) is 19.8 Å². The number of hydrogen-bond donors (Lipinski definition) is 2. The predicted octanol–water partition coefficient (Wildman–Crippen LogP) is 4.71. The molecule has 0 bridgehead atoms. The van der Waals surface area contributed by atoms with E-state index in [9.17, 15) is 8.42 Å². The van der Waals surface area contributed by atoms with Crippen molar-refractivity contribution in [2.24, 2.45) is 0 Å². The van der Waals surface area contributed by atoms with Crippen molar-refractivity contribution in [3.05, 3.63) is 47.5 Å². The van der Waals surface area contributed by atoms with Crippen LogP contribution in [0.25, 0.3) is 0 Å². The van der Waals surface area contributed by atoms with Crippen LogP contribution in [-0.4, -0.2) is 22.1 Å². The molecule has 0 aromatic heterocycles. The van der Waals surface area contributed by atoms with Crippen molar-refractivity contribution in [1.29, 1.82) is 0 Å². The van der Waals surface area contributed by atoms with E-state index in [-0.39, 0.29) is 4.90 Å². The minimum atomic E-state index is -3.65. The summed E-state index contributed by atoms with van der Waals surface area (Å²) < 4.78 is 33.4. The molecule has 2 aromatic carbocycles. The highest BCUT2D eigenvalue weighted by Gasteiger charge is 2.19. The molecule has 6 heteroatoms. The molecule has 0 heterocycles. The second kappa shape index (κ2) is 8.94. The second-order valence-electron chi connectivity index (χ2n) is 6.40. The van der Waals surface area contributed by atoms with Gasteiger partial charge in [-0.15, -0.1) is 0 Å². The highest BCUT2D eigenvalue weighted by atomic mass is 32.2. The monoisotopic (exact) mass is 376 g/mol. The van der Waals surface area contributed by atoms with Gasteiger partial charge in [0.2, 0.25) is 0 Å². The second-order valence-corrected chi connectivity index (χ2v) is 8.05. The van der Waals surface area contributed by atoms with E-state index in [2.05, 4.69) is 17.0 Å². The van der Waals surface area contributed by atoms with Gasteiger partial charge in [0.1, 0.15) is 5.75 Å². The van der Waals surface area contributed by atoms with Gasteiger partial charge in [-0.2, -0.15) is 0 Å². The van der Waals surface area contributed by atoms with E-state index in [1.54, 1.807) is 38.3 Å². The summed E-state index contributed by atoms with van der Waals surface area (Å²) in [6.45, 7) is 6.69. The molecule has 0 atom stereocenters. The standard InChI is InChI=1S/C20H28N2O3S/c1-5-6-7-12-21-17-8-10-18(11-9-17)22-26(23,24)20-14-15(2)19(25-4)13-16(20)3/h8-11,13-14,21-22H,5-7,12H2,1-4H3. The lowest BCUT2D eigenvalue weighted by Crippen LogP contribution is -2.14. The number of nitrogens with one attached hydrogen (secondary N) is 2. The van der Waals surface area contributed by atoms with Gasteiger partial charge >= 0.3 is 0 Å². The highest BCUT2D eigenvalue weighted by Crippen LogP contribution is 2.27. The zero-order valence-electron chi connectivity index (χ0n) is 15.9. The van der Waals surface area contributed by atoms with Crippen LogP contribution >= 0.6 is 0 Å². The molecule has 0 amide bonds. The maximum absolute atomic E-state index is 12.7. The Kier molecular flexibility index (Phi) is 6.91. The van der Waals surface area contributed by atoms with Crippen LogP contribution in [-0.2, 0) is 10.0 Å². The average Bonchev–Trinajstić information content (AvgIpc) is 2.61. The highest BCUT2D eigenvalue weighted by molar-refractivity contribution is 7.92. The Hall–Kier alpha value is -2.21. The van der Waals surface area contributed by atoms with Crippen LogP contribution in [0.15, 0.2) is 41.3 Å². The molecule has 0 aliphatic heterocycles. The summed E-state index contributed by atoms with van der Waals surface area (Å²) >= 11 is 0. The smallest absolute Gasteiger partial charge is 0.262 e. The molecule has 0 saturated heterocycles. The van der Waals surface area contributed by atoms with E-state index in [4.69, 9.17) is 4.74 Å². The predicted molar refractivity (Wildman–Crippen MR) is 108 cm³/mol. The SMILES string of the molecule is CCCCCNc1ccc(NS(=O)(=O)c2cc(C)c(OC)cc2C)cc1. The molecule has 2 N–H and O–H groups in total. The van der Waals surface area contributed by atoms with E-state index >= 15 is 0 Å². The number of hydrogen-bond acceptors (Lipinski definition) is 4. The summed E-state index contributed by atoms with van der Waals surface area (Å²) in [4.78, 5) is 0.262. The molecule has 0 spiro atoms. The Bertz CT molecular complexity index is 831. The first kappa shape index (κ1) is 20.1. The molecule has 0 fully saturated rings. The number of aryl methyl sites for hydroxylation is 2. The van der Waals surface area contributed by atoms with Gasteiger partial charge in [0, 0.05) is 17.9 Å². The van der Waals surface area contributed by atoms with E-state index < -0.39 is 10.0 Å². The van der Waals surface area contributed by atoms with Crippen LogP contribution in [0.5, 0.6) is 5.75 Å². The molecule has 0 aliphatic rings. The van der Waals surface area contributed by atoms with E-state index in [0.717, 1.165) is 24.2 Å². The van der Waals surface area contributed by atoms with Crippen LogP contribution in [0.4, 0.5) is 11.4 Å². The third-order valence-corrected chi connectivity index (χ3v) is 5.75. The van der Waals surface area contributed by atoms with Crippen molar-refractivity contribution in [1.82, 2.24) is 0 Å². The fourth-order valence-electron chi connectivity index (χ4n) is 2.75. The summed E-state index contributed by atoms with van der Waals surface area (Å²) in [5.74, 6) is 0.681. The molecule has 0 aliphatic carbocycles. The molecule has 0 unspecified atom stereocenters. The molecule has 142 valence electrons. The number of ether oxygens (including phenoxy) is 1. The van der Waals surface area contributed by atoms with Crippen LogP contribution in [0, 0.1) is 13.8 Å².